The topological polar surface area (TPSA) is 85.2 Å². The largest absolute Gasteiger partial charge is 0.318 e. The lowest BCUT2D eigenvalue weighted by Crippen LogP contribution is -2.24. The van der Waals surface area contributed by atoms with Crippen LogP contribution in [0, 0.1) is 0 Å². The lowest BCUT2D eigenvalue weighted by molar-refractivity contribution is 0.103. The maximum Gasteiger partial charge on any atom is 0.250 e. The third-order valence-electron chi connectivity index (χ3n) is 5.82. The Bertz CT molecular complexity index is 1460. The summed E-state index contributed by atoms with van der Waals surface area (Å²) in [5.74, 6) is -0.342. The van der Waals surface area contributed by atoms with Crippen molar-refractivity contribution in [3.63, 3.8) is 0 Å². The number of benzene rings is 2. The van der Waals surface area contributed by atoms with Gasteiger partial charge in [0, 0.05) is 57.6 Å². The van der Waals surface area contributed by atoms with Gasteiger partial charge in [0.2, 0.25) is 0 Å². The summed E-state index contributed by atoms with van der Waals surface area (Å²) < 4.78 is 29.6. The van der Waals surface area contributed by atoms with E-state index in [1.807, 2.05) is 6.92 Å². The molecule has 1 N–H and O–H groups in total. The molecule has 0 fully saturated rings. The average molecular weight is 561 g/mol. The van der Waals surface area contributed by atoms with Crippen LogP contribution in [0.15, 0.2) is 59.5 Å². The SMILES string of the molecule is CCS(=O)(=O)Cc1ccc(C(=O)c2ccc(Cl)cc2)c(-c2cn(C)c(=O)cc2[C@H](C)NSC(C)(C)C)c1. The first-order valence-electron chi connectivity index (χ1n) is 12.0. The molecule has 37 heavy (non-hydrogen) atoms. The molecule has 0 unspecified atom stereocenters. The molecular formula is C28H33ClN2O4S2. The fourth-order valence-electron chi connectivity index (χ4n) is 3.77. The predicted octanol–water partition coefficient (Wildman–Crippen LogP) is 5.97. The van der Waals surface area contributed by atoms with E-state index in [1.165, 1.54) is 4.57 Å². The monoisotopic (exact) mass is 560 g/mol. The standard InChI is InChI=1S/C28H33ClN2O4S2/c1-7-37(34,35)17-19-8-13-22(27(33)20-9-11-21(29)12-10-20)24(14-19)25-16-31(6)26(32)15-23(25)18(2)30-36-28(3,4)5/h8-16,18,30H,7,17H2,1-6H3/t18-/m0/s1. The van der Waals surface area contributed by atoms with E-state index in [1.54, 1.807) is 80.6 Å². The highest BCUT2D eigenvalue weighted by Gasteiger charge is 2.23. The van der Waals surface area contributed by atoms with Gasteiger partial charge in [-0.05, 0) is 74.7 Å². The van der Waals surface area contributed by atoms with Gasteiger partial charge in [0.05, 0.1) is 5.75 Å². The molecule has 9 heteroatoms. The minimum absolute atomic E-state index is 0.0177. The number of sulfone groups is 1. The second-order valence-corrected chi connectivity index (χ2v) is 14.5. The third kappa shape index (κ3) is 7.57. The van der Waals surface area contributed by atoms with Crippen molar-refractivity contribution < 1.29 is 13.2 Å². The van der Waals surface area contributed by atoms with Crippen LogP contribution in [0.5, 0.6) is 0 Å². The minimum Gasteiger partial charge on any atom is -0.318 e. The van der Waals surface area contributed by atoms with Crippen molar-refractivity contribution in [1.29, 1.82) is 0 Å². The Balaban J connectivity index is 2.24. The number of rotatable bonds is 9. The summed E-state index contributed by atoms with van der Waals surface area (Å²) in [6.45, 7) is 9.83. The van der Waals surface area contributed by atoms with Crippen LogP contribution in [-0.4, -0.2) is 29.3 Å². The molecule has 0 saturated carbocycles. The van der Waals surface area contributed by atoms with Gasteiger partial charge in [-0.25, -0.2) is 8.42 Å². The van der Waals surface area contributed by atoms with Crippen LogP contribution in [0.3, 0.4) is 0 Å². The first-order chi connectivity index (χ1) is 17.2. The molecule has 0 aliphatic carbocycles. The van der Waals surface area contributed by atoms with Gasteiger partial charge in [0.1, 0.15) is 0 Å². The molecule has 1 heterocycles. The summed E-state index contributed by atoms with van der Waals surface area (Å²) in [4.78, 5) is 26.3. The van der Waals surface area contributed by atoms with E-state index in [0.717, 1.165) is 5.56 Å². The first kappa shape index (κ1) is 29.2. The van der Waals surface area contributed by atoms with Crippen LogP contribution in [-0.2, 0) is 22.6 Å². The molecule has 0 saturated heterocycles. The third-order valence-corrected chi connectivity index (χ3v) is 8.81. The molecule has 0 amide bonds. The van der Waals surface area contributed by atoms with Gasteiger partial charge in [0.15, 0.2) is 15.6 Å². The summed E-state index contributed by atoms with van der Waals surface area (Å²) in [6.07, 6.45) is 1.71. The van der Waals surface area contributed by atoms with Gasteiger partial charge < -0.3 is 4.57 Å². The molecule has 0 bridgehead atoms. The highest BCUT2D eigenvalue weighted by molar-refractivity contribution is 7.98. The lowest BCUT2D eigenvalue weighted by atomic mass is 9.89. The second-order valence-electron chi connectivity index (χ2n) is 10.0. The Labute approximate surface area is 228 Å². The van der Waals surface area contributed by atoms with Gasteiger partial charge in [0.25, 0.3) is 5.56 Å². The van der Waals surface area contributed by atoms with Gasteiger partial charge in [-0.1, -0.05) is 42.6 Å². The van der Waals surface area contributed by atoms with Gasteiger partial charge in [-0.2, -0.15) is 0 Å². The lowest BCUT2D eigenvalue weighted by Gasteiger charge is -2.24. The summed E-state index contributed by atoms with van der Waals surface area (Å²) in [5.41, 5.74) is 3.25. The second kappa shape index (κ2) is 11.6. The molecule has 0 radical (unpaired) electrons. The molecule has 1 aromatic heterocycles. The maximum absolute atomic E-state index is 13.6. The van der Waals surface area contributed by atoms with Gasteiger partial charge in [-0.3, -0.25) is 14.3 Å². The van der Waals surface area contributed by atoms with Crippen LogP contribution < -0.4 is 10.3 Å². The zero-order valence-corrected chi connectivity index (χ0v) is 24.4. The van der Waals surface area contributed by atoms with Crippen LogP contribution >= 0.6 is 23.5 Å². The van der Waals surface area contributed by atoms with E-state index in [4.69, 9.17) is 11.6 Å². The van der Waals surface area contributed by atoms with E-state index in [2.05, 4.69) is 25.5 Å². The summed E-state index contributed by atoms with van der Waals surface area (Å²) >= 11 is 7.58. The smallest absolute Gasteiger partial charge is 0.250 e. The van der Waals surface area contributed by atoms with Gasteiger partial charge >= 0.3 is 0 Å². The van der Waals surface area contributed by atoms with Crippen molar-refractivity contribution in [2.75, 3.05) is 5.75 Å². The van der Waals surface area contributed by atoms with Crippen LogP contribution in [0.4, 0.5) is 0 Å². The van der Waals surface area contributed by atoms with Gasteiger partial charge in [-0.15, -0.1) is 0 Å². The van der Waals surface area contributed by atoms with Crippen LogP contribution in [0.2, 0.25) is 5.02 Å². The van der Waals surface area contributed by atoms with E-state index in [9.17, 15) is 18.0 Å². The molecule has 0 aliphatic rings. The van der Waals surface area contributed by atoms with E-state index in [-0.39, 0.29) is 33.6 Å². The van der Waals surface area contributed by atoms with E-state index < -0.39 is 9.84 Å². The normalized spacial score (nSPS) is 12.9. The number of ketones is 1. The average Bonchev–Trinajstić information content (AvgIpc) is 2.83. The van der Waals surface area contributed by atoms with E-state index in [0.29, 0.717) is 32.8 Å². The van der Waals surface area contributed by atoms with Crippen LogP contribution in [0.1, 0.15) is 67.7 Å². The number of aryl methyl sites for hydroxylation is 1. The number of hydrogen-bond acceptors (Lipinski definition) is 6. The molecule has 3 aromatic rings. The number of hydrogen-bond donors (Lipinski definition) is 1. The van der Waals surface area contributed by atoms with Crippen LogP contribution in [0.25, 0.3) is 11.1 Å². The van der Waals surface area contributed by atoms with E-state index >= 15 is 0 Å². The molecule has 3 rings (SSSR count). The highest BCUT2D eigenvalue weighted by Crippen LogP contribution is 2.34. The molecule has 6 nitrogen and oxygen atoms in total. The molecule has 2 aromatic carbocycles. The van der Waals surface area contributed by atoms with Crippen molar-refractivity contribution in [3.8, 4) is 11.1 Å². The number of halogens is 1. The predicted molar refractivity (Wildman–Crippen MR) is 154 cm³/mol. The summed E-state index contributed by atoms with van der Waals surface area (Å²) in [6, 6.07) is 13.1. The number of carbonyl (C=O) groups is 1. The number of pyridine rings is 1. The number of carbonyl (C=O) groups excluding carboxylic acids is 1. The van der Waals surface area contributed by atoms with Crippen molar-refractivity contribution in [3.05, 3.63) is 92.4 Å². The molecular weight excluding hydrogens is 528 g/mol. The van der Waals surface area contributed by atoms with Crippen molar-refractivity contribution >= 4 is 39.2 Å². The number of nitrogens with zero attached hydrogens (tertiary/aromatic N) is 1. The molecule has 1 atom stereocenters. The molecule has 0 spiro atoms. The molecule has 198 valence electrons. The number of aromatic nitrogens is 1. The zero-order valence-electron chi connectivity index (χ0n) is 22.0. The Morgan fingerprint density at radius 3 is 2.32 bits per heavy atom. The highest BCUT2D eigenvalue weighted by atomic mass is 35.5. The minimum atomic E-state index is -3.30. The van der Waals surface area contributed by atoms with Crippen molar-refractivity contribution in [1.82, 2.24) is 9.29 Å². The Kier molecular flexibility index (Phi) is 9.11. The summed E-state index contributed by atoms with van der Waals surface area (Å²) in [7, 11) is -1.64. The fraction of sp³-hybridized carbons (Fsp3) is 0.357. The zero-order chi connectivity index (χ0) is 27.5. The fourth-order valence-corrected chi connectivity index (χ4v) is 5.45. The first-order valence-corrected chi connectivity index (χ1v) is 15.0. The Hall–Kier alpha value is -2.39. The molecule has 0 aliphatic heterocycles. The Morgan fingerprint density at radius 1 is 1.08 bits per heavy atom. The number of nitrogens with one attached hydrogen (secondary N) is 1. The van der Waals surface area contributed by atoms with Crippen molar-refractivity contribution in [2.45, 2.75) is 51.2 Å². The van der Waals surface area contributed by atoms with Crippen molar-refractivity contribution in [2.24, 2.45) is 7.05 Å². The summed E-state index contributed by atoms with van der Waals surface area (Å²) in [5, 5.41) is 0.522. The Morgan fingerprint density at radius 2 is 1.73 bits per heavy atom. The quantitative estimate of drug-likeness (QED) is 0.256. The maximum atomic E-state index is 13.6.